The Hall–Kier alpha value is -5.80. The summed E-state index contributed by atoms with van der Waals surface area (Å²) in [5.74, 6) is -0.405. The van der Waals surface area contributed by atoms with Crippen molar-refractivity contribution < 1.29 is 19.1 Å². The van der Waals surface area contributed by atoms with Gasteiger partial charge in [0.05, 0.1) is 7.11 Å². The van der Waals surface area contributed by atoms with Crippen LogP contribution < -0.4 is 25.6 Å². The predicted molar refractivity (Wildman–Crippen MR) is 194 cm³/mol. The van der Waals surface area contributed by atoms with Crippen LogP contribution in [0.25, 0.3) is 6.08 Å². The normalized spacial score (nSPS) is 11.6. The van der Waals surface area contributed by atoms with E-state index >= 15 is 0 Å². The van der Waals surface area contributed by atoms with Gasteiger partial charge in [-0.25, -0.2) is 0 Å². The lowest BCUT2D eigenvalue weighted by molar-refractivity contribution is -0.116. The summed E-state index contributed by atoms with van der Waals surface area (Å²) in [5, 5.41) is 8.13. The highest BCUT2D eigenvalue weighted by Crippen LogP contribution is 2.37. The molecule has 1 unspecified atom stereocenters. The van der Waals surface area contributed by atoms with Gasteiger partial charge in [-0.2, -0.15) is 0 Å². The molecule has 48 heavy (non-hydrogen) atoms. The van der Waals surface area contributed by atoms with E-state index in [4.69, 9.17) is 4.74 Å². The first-order valence-electron chi connectivity index (χ1n) is 15.2. The van der Waals surface area contributed by atoms with Crippen LogP contribution in [-0.4, -0.2) is 38.9 Å². The number of ether oxygens (including phenoxy) is 1. The summed E-state index contributed by atoms with van der Waals surface area (Å²) < 4.78 is 5.30. The van der Waals surface area contributed by atoms with Gasteiger partial charge in [0.25, 0.3) is 11.8 Å². The Bertz CT molecular complexity index is 1880. The van der Waals surface area contributed by atoms with E-state index < -0.39 is 17.1 Å². The summed E-state index contributed by atoms with van der Waals surface area (Å²) in [6.45, 7) is 0. The van der Waals surface area contributed by atoms with Crippen molar-refractivity contribution in [3.63, 3.8) is 0 Å². The Kier molecular flexibility index (Phi) is 11.3. The number of nitrogens with one attached hydrogen (secondary N) is 3. The molecule has 0 heterocycles. The minimum absolute atomic E-state index is 0.0956. The maximum absolute atomic E-state index is 13.5. The average Bonchev–Trinajstić information content (AvgIpc) is 3.12. The molecule has 0 aliphatic rings. The molecule has 0 aliphatic carbocycles. The van der Waals surface area contributed by atoms with Crippen LogP contribution in [0.3, 0.4) is 0 Å². The first-order chi connectivity index (χ1) is 23.3. The van der Waals surface area contributed by atoms with Gasteiger partial charge in [0.15, 0.2) is 0 Å². The van der Waals surface area contributed by atoms with Crippen molar-refractivity contribution in [1.82, 2.24) is 5.32 Å². The molecule has 242 valence electrons. The number of nitrogens with zero attached hydrogens (tertiary/aromatic N) is 1. The van der Waals surface area contributed by atoms with Crippen LogP contribution in [0.1, 0.15) is 26.7 Å². The van der Waals surface area contributed by atoms with Crippen LogP contribution in [0.5, 0.6) is 5.75 Å². The Morgan fingerprint density at radius 2 is 1.40 bits per heavy atom. The standard InChI is InChI=1S/C39H36N4O4S/c1-43(2)32-21-17-27(18-22-32)25-35(42-37(44)29-13-8-5-9-14-29)38(45)40-30-19-23-34(24-20-30)48-36(28-11-6-4-7-12-28)39(46)41-31-15-10-16-33(26-31)47-3/h4-26,36H,1-3H3,(H,40,45)(H,41,46)(H,42,44)/b35-25-. The second kappa shape index (κ2) is 16.2. The highest BCUT2D eigenvalue weighted by molar-refractivity contribution is 8.00. The Balaban J connectivity index is 1.33. The van der Waals surface area contributed by atoms with Gasteiger partial charge in [0, 0.05) is 47.7 Å². The summed E-state index contributed by atoms with van der Waals surface area (Å²) in [6, 6.07) is 40.4. The van der Waals surface area contributed by atoms with Crippen LogP contribution in [-0.2, 0) is 9.59 Å². The minimum atomic E-state index is -0.542. The topological polar surface area (TPSA) is 99.8 Å². The summed E-state index contributed by atoms with van der Waals surface area (Å²) in [6.07, 6.45) is 1.64. The summed E-state index contributed by atoms with van der Waals surface area (Å²) in [5.41, 5.74) is 4.31. The van der Waals surface area contributed by atoms with E-state index in [-0.39, 0.29) is 11.6 Å². The van der Waals surface area contributed by atoms with E-state index in [2.05, 4.69) is 16.0 Å². The molecule has 5 rings (SSSR count). The van der Waals surface area contributed by atoms with Gasteiger partial charge in [-0.1, -0.05) is 66.7 Å². The first-order valence-corrected chi connectivity index (χ1v) is 16.1. The maximum Gasteiger partial charge on any atom is 0.272 e. The molecule has 1 atom stereocenters. The van der Waals surface area contributed by atoms with Gasteiger partial charge < -0.3 is 25.6 Å². The molecule has 0 aromatic heterocycles. The second-order valence-electron chi connectivity index (χ2n) is 11.0. The van der Waals surface area contributed by atoms with Gasteiger partial charge >= 0.3 is 0 Å². The molecule has 0 aliphatic heterocycles. The van der Waals surface area contributed by atoms with Gasteiger partial charge in [-0.05, 0) is 77.9 Å². The van der Waals surface area contributed by atoms with E-state index in [0.717, 1.165) is 21.7 Å². The molecule has 9 heteroatoms. The molecule has 0 radical (unpaired) electrons. The number of rotatable bonds is 12. The van der Waals surface area contributed by atoms with Crippen molar-refractivity contribution in [3.05, 3.63) is 156 Å². The largest absolute Gasteiger partial charge is 0.497 e. The Morgan fingerprint density at radius 1 is 0.729 bits per heavy atom. The molecule has 0 fully saturated rings. The summed E-state index contributed by atoms with van der Waals surface area (Å²) >= 11 is 1.40. The number of carbonyl (C=O) groups excluding carboxylic acids is 3. The van der Waals surface area contributed by atoms with Crippen molar-refractivity contribution in [2.24, 2.45) is 0 Å². The second-order valence-corrected chi connectivity index (χ2v) is 12.2. The molecule has 0 bridgehead atoms. The smallest absolute Gasteiger partial charge is 0.272 e. The van der Waals surface area contributed by atoms with E-state index in [0.29, 0.717) is 22.7 Å². The zero-order chi connectivity index (χ0) is 33.9. The highest BCUT2D eigenvalue weighted by Gasteiger charge is 2.23. The number of methoxy groups -OCH3 is 1. The number of carbonyl (C=O) groups is 3. The molecule has 0 saturated heterocycles. The third-order valence-electron chi connectivity index (χ3n) is 7.29. The van der Waals surface area contributed by atoms with Crippen LogP contribution in [0, 0.1) is 0 Å². The van der Waals surface area contributed by atoms with E-state index in [1.807, 2.05) is 110 Å². The maximum atomic E-state index is 13.5. The van der Waals surface area contributed by atoms with E-state index in [1.165, 1.54) is 11.8 Å². The molecule has 3 amide bonds. The number of amides is 3. The Labute approximate surface area is 284 Å². The fourth-order valence-corrected chi connectivity index (χ4v) is 5.76. The SMILES string of the molecule is COc1cccc(NC(=O)C(Sc2ccc(NC(=O)/C(=C/c3ccc(N(C)C)cc3)NC(=O)c3ccccc3)cc2)c2ccccc2)c1. The fourth-order valence-electron chi connectivity index (χ4n) is 4.74. The third kappa shape index (κ3) is 9.14. The van der Waals surface area contributed by atoms with Crippen molar-refractivity contribution in [3.8, 4) is 5.75 Å². The van der Waals surface area contributed by atoms with E-state index in [9.17, 15) is 14.4 Å². The van der Waals surface area contributed by atoms with Crippen molar-refractivity contribution in [1.29, 1.82) is 0 Å². The molecule has 0 spiro atoms. The first kappa shape index (κ1) is 33.6. The molecule has 8 nitrogen and oxygen atoms in total. The van der Waals surface area contributed by atoms with Crippen LogP contribution in [0.2, 0.25) is 0 Å². The Morgan fingerprint density at radius 3 is 2.04 bits per heavy atom. The van der Waals surface area contributed by atoms with Gasteiger partial charge in [-0.15, -0.1) is 11.8 Å². The van der Waals surface area contributed by atoms with Gasteiger partial charge in [0.1, 0.15) is 16.7 Å². The quantitative estimate of drug-likeness (QED) is 0.0943. The van der Waals surface area contributed by atoms with Crippen molar-refractivity contribution >= 4 is 52.6 Å². The lowest BCUT2D eigenvalue weighted by Crippen LogP contribution is -2.30. The van der Waals surface area contributed by atoms with Crippen molar-refractivity contribution in [2.75, 3.05) is 36.7 Å². The highest BCUT2D eigenvalue weighted by atomic mass is 32.2. The number of hydrogen-bond acceptors (Lipinski definition) is 6. The summed E-state index contributed by atoms with van der Waals surface area (Å²) in [4.78, 5) is 42.9. The molecule has 5 aromatic carbocycles. The van der Waals surface area contributed by atoms with Crippen LogP contribution >= 0.6 is 11.8 Å². The number of hydrogen-bond donors (Lipinski definition) is 3. The van der Waals surface area contributed by atoms with Crippen LogP contribution in [0.15, 0.2) is 144 Å². The monoisotopic (exact) mass is 656 g/mol. The molecule has 0 saturated carbocycles. The molecule has 3 N–H and O–H groups in total. The third-order valence-corrected chi connectivity index (χ3v) is 8.56. The van der Waals surface area contributed by atoms with Crippen molar-refractivity contribution in [2.45, 2.75) is 10.1 Å². The number of anilines is 3. The van der Waals surface area contributed by atoms with Crippen LogP contribution in [0.4, 0.5) is 17.1 Å². The molecule has 5 aromatic rings. The van der Waals surface area contributed by atoms with Gasteiger partial charge in [-0.3, -0.25) is 14.4 Å². The average molecular weight is 657 g/mol. The molecular formula is C39H36N4O4S. The summed E-state index contributed by atoms with van der Waals surface area (Å²) in [7, 11) is 5.48. The lowest BCUT2D eigenvalue weighted by atomic mass is 10.1. The fraction of sp³-hybridized carbons (Fsp3) is 0.103. The minimum Gasteiger partial charge on any atom is -0.497 e. The molecular weight excluding hydrogens is 621 g/mol. The zero-order valence-corrected chi connectivity index (χ0v) is 27.7. The van der Waals surface area contributed by atoms with Gasteiger partial charge in [0.2, 0.25) is 5.91 Å². The predicted octanol–water partition coefficient (Wildman–Crippen LogP) is 7.64. The number of thioether (sulfide) groups is 1. The van der Waals surface area contributed by atoms with E-state index in [1.54, 1.807) is 55.7 Å². The zero-order valence-electron chi connectivity index (χ0n) is 26.8. The lowest BCUT2D eigenvalue weighted by Gasteiger charge is -2.18. The number of benzene rings is 5.